The predicted octanol–water partition coefficient (Wildman–Crippen LogP) is 1.95. The van der Waals surface area contributed by atoms with Crippen LogP contribution in [0.2, 0.25) is 0 Å². The van der Waals surface area contributed by atoms with Gasteiger partial charge in [0, 0.05) is 14.5 Å². The van der Waals surface area contributed by atoms with Gasteiger partial charge in [-0.25, -0.2) is 0 Å². The molecule has 0 spiro atoms. The molecule has 0 aromatic rings. The minimum absolute atomic E-state index is 0. The van der Waals surface area contributed by atoms with Crippen molar-refractivity contribution in [1.29, 1.82) is 0 Å². The Balaban J connectivity index is 0. The molecular weight excluding hydrogens is 148 g/mol. The van der Waals surface area contributed by atoms with Gasteiger partial charge in [0.1, 0.15) is 0 Å². The SMILES string of the molecule is CC.CC1CCN(CCN)CC1.[HH]. The lowest BCUT2D eigenvalue weighted by molar-refractivity contribution is 0.197. The third-order valence-electron chi connectivity index (χ3n) is 2.32. The molecule has 2 heteroatoms. The highest BCUT2D eigenvalue weighted by Crippen LogP contribution is 2.14. The maximum absolute atomic E-state index is 5.45. The molecule has 1 fully saturated rings. The average molecular weight is 174 g/mol. The van der Waals surface area contributed by atoms with E-state index in [0.29, 0.717) is 0 Å². The van der Waals surface area contributed by atoms with Gasteiger partial charge in [0.25, 0.3) is 0 Å². The number of nitrogens with zero attached hydrogens (tertiary/aromatic N) is 1. The Morgan fingerprint density at radius 1 is 1.33 bits per heavy atom. The summed E-state index contributed by atoms with van der Waals surface area (Å²) in [6.07, 6.45) is 2.72. The Morgan fingerprint density at radius 3 is 2.25 bits per heavy atom. The molecule has 1 aliphatic rings. The molecule has 12 heavy (non-hydrogen) atoms. The van der Waals surface area contributed by atoms with E-state index in [2.05, 4.69) is 11.8 Å². The first-order valence-electron chi connectivity index (χ1n) is 5.25. The van der Waals surface area contributed by atoms with E-state index >= 15 is 0 Å². The molecule has 0 amide bonds. The molecule has 0 aromatic carbocycles. The third-order valence-corrected chi connectivity index (χ3v) is 2.32. The van der Waals surface area contributed by atoms with Crippen LogP contribution in [0.3, 0.4) is 0 Å². The van der Waals surface area contributed by atoms with Crippen LogP contribution in [0.25, 0.3) is 0 Å². The molecule has 0 aliphatic carbocycles. The van der Waals surface area contributed by atoms with Crippen LogP contribution in [0, 0.1) is 5.92 Å². The summed E-state index contributed by atoms with van der Waals surface area (Å²) in [5.41, 5.74) is 5.45. The lowest BCUT2D eigenvalue weighted by Gasteiger charge is -2.29. The maximum atomic E-state index is 5.45. The number of hydrogen-bond donors (Lipinski definition) is 1. The summed E-state index contributed by atoms with van der Waals surface area (Å²) >= 11 is 0. The summed E-state index contributed by atoms with van der Waals surface area (Å²) in [5.74, 6) is 0.939. The van der Waals surface area contributed by atoms with Crippen molar-refractivity contribution in [2.75, 3.05) is 26.2 Å². The third kappa shape index (κ3) is 4.73. The molecule has 1 rings (SSSR count). The van der Waals surface area contributed by atoms with Crippen molar-refractivity contribution >= 4 is 0 Å². The van der Waals surface area contributed by atoms with Crippen LogP contribution in [0.5, 0.6) is 0 Å². The van der Waals surface area contributed by atoms with E-state index in [1.54, 1.807) is 0 Å². The first-order valence-corrected chi connectivity index (χ1v) is 5.25. The molecule has 0 saturated carbocycles. The summed E-state index contributed by atoms with van der Waals surface area (Å²) in [5, 5.41) is 0. The normalized spacial score (nSPS) is 20.0. The molecule has 2 nitrogen and oxygen atoms in total. The van der Waals surface area contributed by atoms with E-state index < -0.39 is 0 Å². The van der Waals surface area contributed by atoms with Crippen molar-refractivity contribution in [3.8, 4) is 0 Å². The monoisotopic (exact) mass is 174 g/mol. The number of hydrogen-bond acceptors (Lipinski definition) is 2. The van der Waals surface area contributed by atoms with Crippen LogP contribution in [-0.4, -0.2) is 31.1 Å². The zero-order valence-electron chi connectivity index (χ0n) is 8.84. The minimum Gasteiger partial charge on any atom is -0.329 e. The number of nitrogens with two attached hydrogens (primary N) is 1. The van der Waals surface area contributed by atoms with E-state index in [4.69, 9.17) is 5.73 Å². The largest absolute Gasteiger partial charge is 0.329 e. The van der Waals surface area contributed by atoms with Crippen molar-refractivity contribution in [1.82, 2.24) is 4.90 Å². The maximum Gasteiger partial charge on any atom is 0.0105 e. The fourth-order valence-electron chi connectivity index (χ4n) is 1.47. The second-order valence-corrected chi connectivity index (χ2v) is 3.31. The summed E-state index contributed by atoms with van der Waals surface area (Å²) in [7, 11) is 0. The highest BCUT2D eigenvalue weighted by Gasteiger charge is 2.13. The molecule has 1 saturated heterocycles. The first kappa shape index (κ1) is 11.9. The van der Waals surface area contributed by atoms with Gasteiger partial charge in [-0.15, -0.1) is 0 Å². The van der Waals surface area contributed by atoms with E-state index in [0.717, 1.165) is 19.0 Å². The van der Waals surface area contributed by atoms with Gasteiger partial charge < -0.3 is 10.6 Å². The fourth-order valence-corrected chi connectivity index (χ4v) is 1.47. The Bertz CT molecular complexity index is 90.9. The Hall–Kier alpha value is -0.0800. The van der Waals surface area contributed by atoms with Crippen molar-refractivity contribution in [3.05, 3.63) is 0 Å². The number of likely N-dealkylation sites (tertiary alicyclic amines) is 1. The van der Waals surface area contributed by atoms with Crippen LogP contribution in [-0.2, 0) is 0 Å². The average Bonchev–Trinajstić information content (AvgIpc) is 2.13. The summed E-state index contributed by atoms with van der Waals surface area (Å²) in [6.45, 7) is 10.8. The summed E-state index contributed by atoms with van der Waals surface area (Å²) in [4.78, 5) is 2.46. The molecule has 0 bridgehead atoms. The molecule has 0 aromatic heterocycles. The van der Waals surface area contributed by atoms with E-state index in [1.165, 1.54) is 25.9 Å². The first-order chi connectivity index (χ1) is 5.83. The molecule has 2 N–H and O–H groups in total. The van der Waals surface area contributed by atoms with Gasteiger partial charge in [0.2, 0.25) is 0 Å². The van der Waals surface area contributed by atoms with Crippen LogP contribution in [0.15, 0.2) is 0 Å². The highest BCUT2D eigenvalue weighted by atomic mass is 15.1. The zero-order valence-corrected chi connectivity index (χ0v) is 8.84. The minimum atomic E-state index is 0. The lowest BCUT2D eigenvalue weighted by atomic mass is 9.99. The fraction of sp³-hybridized carbons (Fsp3) is 1.00. The van der Waals surface area contributed by atoms with Gasteiger partial charge in [-0.1, -0.05) is 20.8 Å². The molecule has 1 heterocycles. The second kappa shape index (κ2) is 7.56. The van der Waals surface area contributed by atoms with Gasteiger partial charge in [-0.2, -0.15) is 0 Å². The zero-order chi connectivity index (χ0) is 9.40. The van der Waals surface area contributed by atoms with Crippen molar-refractivity contribution in [2.24, 2.45) is 11.7 Å². The van der Waals surface area contributed by atoms with Crippen molar-refractivity contribution < 1.29 is 1.43 Å². The molecular formula is C10H26N2. The number of rotatable bonds is 2. The quantitative estimate of drug-likeness (QED) is 0.693. The molecule has 1 aliphatic heterocycles. The standard InChI is InChI=1S/C8H18N2.C2H6.H2/c1-8-2-5-10(6-3-8)7-4-9;1-2;/h8H,2-7,9H2,1H3;1-2H3;1H. The van der Waals surface area contributed by atoms with Crippen LogP contribution in [0.4, 0.5) is 0 Å². The second-order valence-electron chi connectivity index (χ2n) is 3.31. The van der Waals surface area contributed by atoms with Crippen molar-refractivity contribution in [3.63, 3.8) is 0 Å². The van der Waals surface area contributed by atoms with Gasteiger partial charge in [-0.3, -0.25) is 0 Å². The molecule has 0 unspecified atom stereocenters. The Morgan fingerprint density at radius 2 is 1.83 bits per heavy atom. The van der Waals surface area contributed by atoms with Crippen LogP contribution < -0.4 is 5.73 Å². The number of piperidine rings is 1. The highest BCUT2D eigenvalue weighted by molar-refractivity contribution is 4.68. The summed E-state index contributed by atoms with van der Waals surface area (Å²) < 4.78 is 0. The van der Waals surface area contributed by atoms with E-state index in [-0.39, 0.29) is 1.43 Å². The van der Waals surface area contributed by atoms with Crippen molar-refractivity contribution in [2.45, 2.75) is 33.6 Å². The molecule has 0 atom stereocenters. The molecule has 0 radical (unpaired) electrons. The molecule has 76 valence electrons. The van der Waals surface area contributed by atoms with Gasteiger partial charge >= 0.3 is 0 Å². The smallest absolute Gasteiger partial charge is 0.0105 e. The predicted molar refractivity (Wildman–Crippen MR) is 57.4 cm³/mol. The topological polar surface area (TPSA) is 29.3 Å². The Labute approximate surface area is 78.6 Å². The summed E-state index contributed by atoms with van der Waals surface area (Å²) in [6, 6.07) is 0. The van der Waals surface area contributed by atoms with E-state index in [9.17, 15) is 0 Å². The van der Waals surface area contributed by atoms with E-state index in [1.807, 2.05) is 13.8 Å². The van der Waals surface area contributed by atoms with Crippen LogP contribution >= 0.6 is 0 Å². The lowest BCUT2D eigenvalue weighted by Crippen LogP contribution is -2.36. The van der Waals surface area contributed by atoms with Gasteiger partial charge in [-0.05, 0) is 31.8 Å². The Kier molecular flexibility index (Phi) is 7.51. The van der Waals surface area contributed by atoms with Gasteiger partial charge in [0.05, 0.1) is 0 Å². The van der Waals surface area contributed by atoms with Crippen LogP contribution in [0.1, 0.15) is 35.0 Å². The van der Waals surface area contributed by atoms with Gasteiger partial charge in [0.15, 0.2) is 0 Å².